The lowest BCUT2D eigenvalue weighted by atomic mass is 10.00. The van der Waals surface area contributed by atoms with E-state index in [9.17, 15) is 8.42 Å². The number of aryl methyl sites for hydroxylation is 1. The standard InChI is InChI=1S/C12H19N3O3S/c1-10-3-2-4-12(13-10)14-19(17,18)15-7-5-11(9-16)6-8-15/h2-4,11,16H,5-9H2,1H3,(H,13,14). The molecule has 0 unspecified atom stereocenters. The first-order valence-corrected chi connectivity index (χ1v) is 7.77. The molecule has 1 aliphatic heterocycles. The summed E-state index contributed by atoms with van der Waals surface area (Å²) in [5, 5.41) is 9.05. The summed E-state index contributed by atoms with van der Waals surface area (Å²) in [5.41, 5.74) is 0.763. The maximum atomic E-state index is 12.2. The molecule has 1 fully saturated rings. The van der Waals surface area contributed by atoms with E-state index in [0.717, 1.165) is 5.69 Å². The number of hydrogen-bond donors (Lipinski definition) is 2. The molecule has 0 aliphatic carbocycles. The van der Waals surface area contributed by atoms with E-state index in [4.69, 9.17) is 5.11 Å². The predicted octanol–water partition coefficient (Wildman–Crippen LogP) is 0.751. The van der Waals surface area contributed by atoms with Crippen LogP contribution in [0.2, 0.25) is 0 Å². The Morgan fingerprint density at radius 1 is 1.42 bits per heavy atom. The highest BCUT2D eigenvalue weighted by Gasteiger charge is 2.27. The molecule has 0 atom stereocenters. The summed E-state index contributed by atoms with van der Waals surface area (Å²) in [4.78, 5) is 4.13. The van der Waals surface area contributed by atoms with Crippen LogP contribution >= 0.6 is 0 Å². The molecule has 2 heterocycles. The van der Waals surface area contributed by atoms with Crippen molar-refractivity contribution in [2.45, 2.75) is 19.8 Å². The van der Waals surface area contributed by atoms with E-state index in [1.807, 2.05) is 13.0 Å². The zero-order chi connectivity index (χ0) is 13.9. The average Bonchev–Trinajstić information content (AvgIpc) is 2.38. The topological polar surface area (TPSA) is 82.5 Å². The van der Waals surface area contributed by atoms with Crippen LogP contribution in [0.3, 0.4) is 0 Å². The molecule has 19 heavy (non-hydrogen) atoms. The Balaban J connectivity index is 2.03. The first-order valence-electron chi connectivity index (χ1n) is 6.33. The molecule has 0 bridgehead atoms. The van der Waals surface area contributed by atoms with Crippen LogP contribution < -0.4 is 4.72 Å². The number of piperidine rings is 1. The molecule has 1 aromatic rings. The first-order chi connectivity index (χ1) is 9.01. The molecule has 0 spiro atoms. The maximum Gasteiger partial charge on any atom is 0.302 e. The Morgan fingerprint density at radius 2 is 2.11 bits per heavy atom. The molecule has 106 valence electrons. The van der Waals surface area contributed by atoms with Gasteiger partial charge in [-0.3, -0.25) is 4.72 Å². The Bertz CT molecular complexity index is 525. The largest absolute Gasteiger partial charge is 0.396 e. The summed E-state index contributed by atoms with van der Waals surface area (Å²) in [6, 6.07) is 5.20. The van der Waals surface area contributed by atoms with E-state index in [-0.39, 0.29) is 12.5 Å². The fraction of sp³-hybridized carbons (Fsp3) is 0.583. The summed E-state index contributed by atoms with van der Waals surface area (Å²) < 4.78 is 28.2. The zero-order valence-electron chi connectivity index (χ0n) is 10.9. The van der Waals surface area contributed by atoms with Gasteiger partial charge in [-0.2, -0.15) is 12.7 Å². The van der Waals surface area contributed by atoms with Crippen molar-refractivity contribution in [1.29, 1.82) is 0 Å². The quantitative estimate of drug-likeness (QED) is 0.855. The van der Waals surface area contributed by atoms with Crippen molar-refractivity contribution in [3.05, 3.63) is 23.9 Å². The predicted molar refractivity (Wildman–Crippen MR) is 72.9 cm³/mol. The minimum atomic E-state index is -3.55. The summed E-state index contributed by atoms with van der Waals surface area (Å²) in [5.74, 6) is 0.549. The lowest BCUT2D eigenvalue weighted by Gasteiger charge is -2.30. The Hall–Kier alpha value is -1.18. The van der Waals surface area contributed by atoms with Gasteiger partial charge in [0.2, 0.25) is 0 Å². The monoisotopic (exact) mass is 285 g/mol. The van der Waals surface area contributed by atoms with Crippen molar-refractivity contribution in [3.63, 3.8) is 0 Å². The number of nitrogens with zero attached hydrogens (tertiary/aromatic N) is 2. The fourth-order valence-electron chi connectivity index (χ4n) is 2.13. The van der Waals surface area contributed by atoms with Crippen LogP contribution in [-0.2, 0) is 10.2 Å². The third kappa shape index (κ3) is 3.65. The van der Waals surface area contributed by atoms with Crippen LogP contribution in [0.15, 0.2) is 18.2 Å². The molecule has 0 radical (unpaired) electrons. The molecule has 1 aromatic heterocycles. The van der Waals surface area contributed by atoms with Gasteiger partial charge in [-0.05, 0) is 37.8 Å². The maximum absolute atomic E-state index is 12.2. The molecule has 0 amide bonds. The number of aromatic nitrogens is 1. The minimum absolute atomic E-state index is 0.126. The SMILES string of the molecule is Cc1cccc(NS(=O)(=O)N2CCC(CO)CC2)n1. The van der Waals surface area contributed by atoms with Gasteiger partial charge in [0, 0.05) is 25.4 Å². The smallest absolute Gasteiger partial charge is 0.302 e. The van der Waals surface area contributed by atoms with E-state index in [0.29, 0.717) is 31.7 Å². The van der Waals surface area contributed by atoms with Crippen molar-refractivity contribution in [2.24, 2.45) is 5.92 Å². The first kappa shape index (κ1) is 14.2. The Kier molecular flexibility index (Phi) is 4.38. The van der Waals surface area contributed by atoms with Crippen LogP contribution in [0.4, 0.5) is 5.82 Å². The normalized spacial score (nSPS) is 18.4. The number of aliphatic hydroxyl groups is 1. The Morgan fingerprint density at radius 3 is 2.68 bits per heavy atom. The van der Waals surface area contributed by atoms with Crippen molar-refractivity contribution in [1.82, 2.24) is 9.29 Å². The molecule has 2 N–H and O–H groups in total. The van der Waals surface area contributed by atoms with Crippen molar-refractivity contribution in [2.75, 3.05) is 24.4 Å². The van der Waals surface area contributed by atoms with E-state index in [2.05, 4.69) is 9.71 Å². The molecule has 6 nitrogen and oxygen atoms in total. The van der Waals surface area contributed by atoms with Crippen molar-refractivity contribution >= 4 is 16.0 Å². The van der Waals surface area contributed by atoms with E-state index < -0.39 is 10.2 Å². The molecular formula is C12H19N3O3S. The van der Waals surface area contributed by atoms with E-state index >= 15 is 0 Å². The van der Waals surface area contributed by atoms with Gasteiger partial charge in [0.05, 0.1) is 0 Å². The molecule has 7 heteroatoms. The lowest BCUT2D eigenvalue weighted by Crippen LogP contribution is -2.42. The molecule has 0 saturated carbocycles. The summed E-state index contributed by atoms with van der Waals surface area (Å²) in [6.45, 7) is 2.81. The molecule has 1 saturated heterocycles. The van der Waals surface area contributed by atoms with Crippen LogP contribution in [0.5, 0.6) is 0 Å². The van der Waals surface area contributed by atoms with Crippen molar-refractivity contribution in [3.8, 4) is 0 Å². The summed E-state index contributed by atoms with van der Waals surface area (Å²) >= 11 is 0. The highest BCUT2D eigenvalue weighted by molar-refractivity contribution is 7.90. The number of hydrogen-bond acceptors (Lipinski definition) is 4. The van der Waals surface area contributed by atoms with Crippen LogP contribution in [0, 0.1) is 12.8 Å². The van der Waals surface area contributed by atoms with Crippen molar-refractivity contribution < 1.29 is 13.5 Å². The highest BCUT2D eigenvalue weighted by atomic mass is 32.2. The van der Waals surface area contributed by atoms with Crippen LogP contribution in [0.25, 0.3) is 0 Å². The Labute approximate surface area is 113 Å². The van der Waals surface area contributed by atoms with Gasteiger partial charge >= 0.3 is 10.2 Å². The van der Waals surface area contributed by atoms with Gasteiger partial charge in [0.25, 0.3) is 0 Å². The van der Waals surface area contributed by atoms with Gasteiger partial charge in [0.1, 0.15) is 5.82 Å². The van der Waals surface area contributed by atoms with Crippen LogP contribution in [0.1, 0.15) is 18.5 Å². The van der Waals surface area contributed by atoms with Gasteiger partial charge in [-0.25, -0.2) is 4.98 Å². The summed E-state index contributed by atoms with van der Waals surface area (Å²) in [6.07, 6.45) is 1.39. The molecular weight excluding hydrogens is 266 g/mol. The zero-order valence-corrected chi connectivity index (χ0v) is 11.7. The number of aliphatic hydroxyl groups excluding tert-OH is 1. The third-order valence-electron chi connectivity index (χ3n) is 3.29. The van der Waals surface area contributed by atoms with Gasteiger partial charge < -0.3 is 5.11 Å². The minimum Gasteiger partial charge on any atom is -0.396 e. The number of rotatable bonds is 4. The fourth-order valence-corrected chi connectivity index (χ4v) is 3.33. The second kappa shape index (κ2) is 5.85. The van der Waals surface area contributed by atoms with E-state index in [1.54, 1.807) is 12.1 Å². The third-order valence-corrected chi connectivity index (χ3v) is 4.81. The second-order valence-electron chi connectivity index (χ2n) is 4.80. The van der Waals surface area contributed by atoms with Gasteiger partial charge in [0.15, 0.2) is 0 Å². The average molecular weight is 285 g/mol. The van der Waals surface area contributed by atoms with Gasteiger partial charge in [-0.15, -0.1) is 0 Å². The molecule has 2 rings (SSSR count). The molecule has 0 aromatic carbocycles. The highest BCUT2D eigenvalue weighted by Crippen LogP contribution is 2.20. The number of nitrogens with one attached hydrogen (secondary N) is 1. The summed E-state index contributed by atoms with van der Waals surface area (Å²) in [7, 11) is -3.55. The number of pyridine rings is 1. The number of anilines is 1. The lowest BCUT2D eigenvalue weighted by molar-refractivity contribution is 0.170. The van der Waals surface area contributed by atoms with E-state index in [1.165, 1.54) is 4.31 Å². The van der Waals surface area contributed by atoms with Crippen LogP contribution in [-0.4, -0.2) is 42.5 Å². The second-order valence-corrected chi connectivity index (χ2v) is 6.47. The molecule has 1 aliphatic rings. The van der Waals surface area contributed by atoms with Gasteiger partial charge in [-0.1, -0.05) is 6.07 Å².